The molecule has 78 valence electrons. The monoisotopic (exact) mass is 228 g/mol. The maximum Gasteiger partial charge on any atom is 0.0406 e. The average molecular weight is 229 g/mol. The van der Waals surface area contributed by atoms with Crippen LogP contribution in [0.15, 0.2) is 24.3 Å². The molecule has 0 fully saturated rings. The summed E-state index contributed by atoms with van der Waals surface area (Å²) in [6.07, 6.45) is 2.54. The van der Waals surface area contributed by atoms with Crippen LogP contribution in [0.25, 0.3) is 0 Å². The lowest BCUT2D eigenvalue weighted by atomic mass is 10.1. The van der Waals surface area contributed by atoms with Gasteiger partial charge in [-0.25, -0.2) is 0 Å². The molecule has 0 saturated heterocycles. The van der Waals surface area contributed by atoms with Gasteiger partial charge < -0.3 is 0 Å². The second kappa shape index (κ2) is 5.14. The minimum atomic E-state index is 0.433. The summed E-state index contributed by atoms with van der Waals surface area (Å²) in [4.78, 5) is 0. The molecule has 0 aliphatic heterocycles. The van der Waals surface area contributed by atoms with E-state index in [-0.39, 0.29) is 0 Å². The molecule has 0 heterocycles. The summed E-state index contributed by atoms with van der Waals surface area (Å²) in [5.41, 5.74) is 0. The van der Waals surface area contributed by atoms with Gasteiger partial charge in [-0.15, -0.1) is 0 Å². The first-order valence-electron chi connectivity index (χ1n) is 5.07. The van der Waals surface area contributed by atoms with Gasteiger partial charge in [-0.1, -0.05) is 59.5 Å². The van der Waals surface area contributed by atoms with Crippen molar-refractivity contribution in [2.75, 3.05) is 0 Å². The largest absolute Gasteiger partial charge is 0.0846 e. The molecule has 0 radical (unpaired) electrons. The van der Waals surface area contributed by atoms with Crippen LogP contribution in [0.1, 0.15) is 33.6 Å². The Hall–Kier alpha value is -0.0600. The molecule has 0 amide bonds. The molecule has 1 atom stereocenters. The van der Waals surface area contributed by atoms with Gasteiger partial charge in [0.05, 0.1) is 0 Å². The molecule has 14 heavy (non-hydrogen) atoms. The lowest BCUT2D eigenvalue weighted by Gasteiger charge is -2.24. The van der Waals surface area contributed by atoms with Crippen LogP contribution in [0.2, 0.25) is 5.02 Å². The quantitative estimate of drug-likeness (QED) is 0.677. The second-order valence-corrected chi connectivity index (χ2v) is 6.88. The van der Waals surface area contributed by atoms with Crippen molar-refractivity contribution < 1.29 is 0 Å². The Balaban J connectivity index is 2.64. The highest BCUT2D eigenvalue weighted by atomic mass is 35.5. The van der Waals surface area contributed by atoms with Gasteiger partial charge >= 0.3 is 0 Å². The van der Waals surface area contributed by atoms with Gasteiger partial charge in [-0.2, -0.15) is 0 Å². The second-order valence-electron chi connectivity index (χ2n) is 4.27. The third kappa shape index (κ3) is 3.98. The smallest absolute Gasteiger partial charge is 0.0406 e. The van der Waals surface area contributed by atoms with Crippen LogP contribution in [0.3, 0.4) is 0 Å². The highest BCUT2D eigenvalue weighted by Gasteiger charge is 2.16. The van der Waals surface area contributed by atoms with Gasteiger partial charge in [0, 0.05) is 5.02 Å². The zero-order valence-corrected chi connectivity index (χ0v) is 10.9. The van der Waals surface area contributed by atoms with Crippen LogP contribution in [0.4, 0.5) is 0 Å². The molecular formula is C12H18ClP. The van der Waals surface area contributed by atoms with E-state index in [1.165, 1.54) is 18.1 Å². The first-order chi connectivity index (χ1) is 6.53. The fraction of sp³-hybridized carbons (Fsp3) is 0.500. The number of halogens is 1. The highest BCUT2D eigenvalue weighted by molar-refractivity contribution is 7.48. The Morgan fingerprint density at radius 2 is 1.79 bits per heavy atom. The summed E-state index contributed by atoms with van der Waals surface area (Å²) in [6, 6.07) is 8.23. The first-order valence-corrected chi connectivity index (χ1v) is 6.45. The molecular weight excluding hydrogens is 211 g/mol. The van der Waals surface area contributed by atoms with Crippen molar-refractivity contribution in [2.45, 2.75) is 38.8 Å². The van der Waals surface area contributed by atoms with Gasteiger partial charge in [-0.3, -0.25) is 0 Å². The number of benzene rings is 1. The maximum absolute atomic E-state index is 5.85. The summed E-state index contributed by atoms with van der Waals surface area (Å²) in [5, 5.41) is 2.67. The standard InChI is InChI=1S/C12H18ClP/c1-4-9-12(2,3)14-11-7-5-10(13)6-8-11/h5-8,14H,4,9H2,1-3H3. The zero-order chi connectivity index (χ0) is 10.6. The van der Waals surface area contributed by atoms with Crippen LogP contribution in [0.5, 0.6) is 0 Å². The van der Waals surface area contributed by atoms with Gasteiger partial charge in [0.2, 0.25) is 0 Å². The molecule has 0 aromatic heterocycles. The molecule has 0 nitrogen and oxygen atoms in total. The van der Waals surface area contributed by atoms with Crippen LogP contribution >= 0.6 is 20.2 Å². The van der Waals surface area contributed by atoms with Crippen LogP contribution < -0.4 is 5.30 Å². The van der Waals surface area contributed by atoms with Gasteiger partial charge in [0.25, 0.3) is 0 Å². The van der Waals surface area contributed by atoms with E-state index >= 15 is 0 Å². The van der Waals surface area contributed by atoms with E-state index in [4.69, 9.17) is 11.6 Å². The Bertz CT molecular complexity index is 277. The lowest BCUT2D eigenvalue weighted by molar-refractivity contribution is 0.623. The summed E-state index contributed by atoms with van der Waals surface area (Å²) >= 11 is 5.85. The predicted octanol–water partition coefficient (Wildman–Crippen LogP) is 4.22. The fourth-order valence-electron chi connectivity index (χ4n) is 1.61. The van der Waals surface area contributed by atoms with Crippen LogP contribution in [0, 0.1) is 0 Å². The number of hydrogen-bond donors (Lipinski definition) is 0. The Morgan fingerprint density at radius 3 is 2.29 bits per heavy atom. The van der Waals surface area contributed by atoms with Crippen molar-refractivity contribution in [1.82, 2.24) is 0 Å². The summed E-state index contributed by atoms with van der Waals surface area (Å²) in [7, 11) is 0.876. The molecule has 0 N–H and O–H groups in total. The molecule has 0 aliphatic carbocycles. The van der Waals surface area contributed by atoms with E-state index in [2.05, 4.69) is 32.9 Å². The highest BCUT2D eigenvalue weighted by Crippen LogP contribution is 2.34. The van der Waals surface area contributed by atoms with Gasteiger partial charge in [0.1, 0.15) is 0 Å². The Morgan fingerprint density at radius 1 is 1.21 bits per heavy atom. The van der Waals surface area contributed by atoms with E-state index in [9.17, 15) is 0 Å². The number of hydrogen-bond acceptors (Lipinski definition) is 0. The normalized spacial score (nSPS) is 12.6. The first kappa shape index (κ1) is 12.0. The Kier molecular flexibility index (Phi) is 4.41. The van der Waals surface area contributed by atoms with Crippen LogP contribution in [-0.4, -0.2) is 5.16 Å². The summed E-state index contributed by atoms with van der Waals surface area (Å²) in [5.74, 6) is 0. The molecule has 1 unspecified atom stereocenters. The fourth-order valence-corrected chi connectivity index (χ4v) is 3.23. The molecule has 0 aliphatic rings. The lowest BCUT2D eigenvalue weighted by Crippen LogP contribution is -2.16. The van der Waals surface area contributed by atoms with E-state index in [0.717, 1.165) is 13.6 Å². The topological polar surface area (TPSA) is 0 Å². The van der Waals surface area contributed by atoms with Crippen molar-refractivity contribution in [3.05, 3.63) is 29.3 Å². The summed E-state index contributed by atoms with van der Waals surface area (Å²) in [6.45, 7) is 6.92. The van der Waals surface area contributed by atoms with E-state index in [0.29, 0.717) is 5.16 Å². The van der Waals surface area contributed by atoms with Crippen molar-refractivity contribution in [2.24, 2.45) is 0 Å². The third-order valence-corrected chi connectivity index (χ3v) is 4.00. The van der Waals surface area contributed by atoms with Crippen molar-refractivity contribution in [3.63, 3.8) is 0 Å². The van der Waals surface area contributed by atoms with Crippen molar-refractivity contribution >= 4 is 25.5 Å². The third-order valence-electron chi connectivity index (χ3n) is 2.20. The zero-order valence-electron chi connectivity index (χ0n) is 9.10. The average Bonchev–Trinajstić information content (AvgIpc) is 2.08. The molecule has 1 rings (SSSR count). The minimum Gasteiger partial charge on any atom is -0.0846 e. The van der Waals surface area contributed by atoms with E-state index < -0.39 is 0 Å². The van der Waals surface area contributed by atoms with Crippen molar-refractivity contribution in [3.8, 4) is 0 Å². The van der Waals surface area contributed by atoms with Gasteiger partial charge in [0.15, 0.2) is 0 Å². The molecule has 1 aromatic carbocycles. The molecule has 1 aromatic rings. The van der Waals surface area contributed by atoms with Crippen molar-refractivity contribution in [1.29, 1.82) is 0 Å². The summed E-state index contributed by atoms with van der Waals surface area (Å²) < 4.78 is 0. The predicted molar refractivity (Wildman–Crippen MR) is 68.4 cm³/mol. The van der Waals surface area contributed by atoms with Crippen LogP contribution in [-0.2, 0) is 0 Å². The minimum absolute atomic E-state index is 0.433. The molecule has 0 saturated carbocycles. The van der Waals surface area contributed by atoms with Gasteiger partial charge in [-0.05, 0) is 29.0 Å². The molecule has 2 heteroatoms. The van der Waals surface area contributed by atoms with E-state index in [1.54, 1.807) is 0 Å². The SMILES string of the molecule is CCCC(C)(C)Pc1ccc(Cl)cc1. The maximum atomic E-state index is 5.85. The number of rotatable bonds is 4. The molecule has 0 bridgehead atoms. The van der Waals surface area contributed by atoms with E-state index in [1.807, 2.05) is 12.1 Å². The molecule has 0 spiro atoms. The Labute approximate surface area is 93.8 Å².